The van der Waals surface area contributed by atoms with Gasteiger partial charge in [-0.2, -0.15) is 13.2 Å². The van der Waals surface area contributed by atoms with Crippen LogP contribution < -0.4 is 0 Å². The van der Waals surface area contributed by atoms with Gasteiger partial charge in [0, 0.05) is 31.7 Å². The molecule has 1 saturated heterocycles. The SMILES string of the molecule is OC[C@@H]1CN(C2CCCC2)C[C@H]1C(F)(F)F. The highest BCUT2D eigenvalue weighted by atomic mass is 19.4. The van der Waals surface area contributed by atoms with Crippen molar-refractivity contribution < 1.29 is 18.3 Å². The molecule has 94 valence electrons. The van der Waals surface area contributed by atoms with Crippen molar-refractivity contribution >= 4 is 0 Å². The van der Waals surface area contributed by atoms with Gasteiger partial charge in [0.25, 0.3) is 0 Å². The minimum absolute atomic E-state index is 0.0827. The Labute approximate surface area is 93.4 Å². The Morgan fingerprint density at radius 1 is 1.12 bits per heavy atom. The van der Waals surface area contributed by atoms with Gasteiger partial charge in [0.15, 0.2) is 0 Å². The van der Waals surface area contributed by atoms with Gasteiger partial charge in [0.05, 0.1) is 5.92 Å². The Kier molecular flexibility index (Phi) is 3.45. The zero-order chi connectivity index (χ0) is 11.8. The maximum atomic E-state index is 12.7. The molecule has 0 unspecified atom stereocenters. The molecule has 5 heteroatoms. The molecule has 2 nitrogen and oxygen atoms in total. The normalized spacial score (nSPS) is 33.8. The fourth-order valence-corrected chi connectivity index (χ4v) is 3.03. The lowest BCUT2D eigenvalue weighted by Crippen LogP contribution is -2.33. The van der Waals surface area contributed by atoms with Crippen LogP contribution in [0.15, 0.2) is 0 Å². The molecule has 0 aromatic rings. The standard InChI is InChI=1S/C11H18F3NO/c12-11(13,14)10-6-15(5-8(10)7-16)9-3-1-2-4-9/h8-10,16H,1-7H2/t8-,10+/m0/s1. The molecule has 16 heavy (non-hydrogen) atoms. The Balaban J connectivity index is 2.00. The van der Waals surface area contributed by atoms with E-state index in [1.54, 1.807) is 0 Å². The number of likely N-dealkylation sites (tertiary alicyclic amines) is 1. The molecule has 2 atom stereocenters. The van der Waals surface area contributed by atoms with Gasteiger partial charge >= 0.3 is 6.18 Å². The van der Waals surface area contributed by atoms with E-state index in [4.69, 9.17) is 5.11 Å². The lowest BCUT2D eigenvalue weighted by Gasteiger charge is -2.23. The highest BCUT2D eigenvalue weighted by molar-refractivity contribution is 4.92. The van der Waals surface area contributed by atoms with Crippen molar-refractivity contribution in [3.63, 3.8) is 0 Å². The van der Waals surface area contributed by atoms with Crippen LogP contribution in [0.25, 0.3) is 0 Å². The Bertz CT molecular complexity index is 238. The van der Waals surface area contributed by atoms with Crippen LogP contribution in [-0.2, 0) is 0 Å². The molecular weight excluding hydrogens is 219 g/mol. The van der Waals surface area contributed by atoms with Crippen molar-refractivity contribution in [1.29, 1.82) is 0 Å². The molecule has 1 aliphatic carbocycles. The fourth-order valence-electron chi connectivity index (χ4n) is 3.03. The summed E-state index contributed by atoms with van der Waals surface area (Å²) in [6, 6.07) is 0.321. The zero-order valence-electron chi connectivity index (χ0n) is 9.21. The Morgan fingerprint density at radius 2 is 1.75 bits per heavy atom. The van der Waals surface area contributed by atoms with Crippen LogP contribution in [0, 0.1) is 11.8 Å². The smallest absolute Gasteiger partial charge is 0.393 e. The lowest BCUT2D eigenvalue weighted by atomic mass is 9.97. The van der Waals surface area contributed by atoms with Gasteiger partial charge in [0.1, 0.15) is 0 Å². The largest absolute Gasteiger partial charge is 0.396 e. The van der Waals surface area contributed by atoms with Crippen molar-refractivity contribution in [2.75, 3.05) is 19.7 Å². The first-order valence-electron chi connectivity index (χ1n) is 5.94. The summed E-state index contributed by atoms with van der Waals surface area (Å²) in [4.78, 5) is 1.94. The highest BCUT2D eigenvalue weighted by Crippen LogP contribution is 2.39. The summed E-state index contributed by atoms with van der Waals surface area (Å²) in [5, 5.41) is 9.03. The summed E-state index contributed by atoms with van der Waals surface area (Å²) in [5.41, 5.74) is 0. The first-order chi connectivity index (χ1) is 7.52. The molecule has 0 aromatic carbocycles. The summed E-state index contributed by atoms with van der Waals surface area (Å²) < 4.78 is 38.2. The van der Waals surface area contributed by atoms with Crippen molar-refractivity contribution in [2.24, 2.45) is 11.8 Å². The molecule has 1 aliphatic heterocycles. The summed E-state index contributed by atoms with van der Waals surface area (Å²) in [5.74, 6) is -1.96. The third kappa shape index (κ3) is 2.35. The quantitative estimate of drug-likeness (QED) is 0.794. The van der Waals surface area contributed by atoms with E-state index in [-0.39, 0.29) is 13.2 Å². The molecule has 2 rings (SSSR count). The van der Waals surface area contributed by atoms with Gasteiger partial charge < -0.3 is 5.11 Å². The maximum Gasteiger partial charge on any atom is 0.393 e. The number of rotatable bonds is 2. The molecule has 0 spiro atoms. The number of hydrogen-bond donors (Lipinski definition) is 1. The van der Waals surface area contributed by atoms with Gasteiger partial charge in [0.2, 0.25) is 0 Å². The van der Waals surface area contributed by atoms with E-state index < -0.39 is 18.0 Å². The topological polar surface area (TPSA) is 23.5 Å². The average Bonchev–Trinajstić information content (AvgIpc) is 2.85. The van der Waals surface area contributed by atoms with E-state index in [9.17, 15) is 13.2 Å². The first kappa shape index (κ1) is 12.2. The number of nitrogens with zero attached hydrogens (tertiary/aromatic N) is 1. The number of hydrogen-bond acceptors (Lipinski definition) is 2. The summed E-state index contributed by atoms with van der Waals surface area (Å²) in [6.07, 6.45) is 0.121. The van der Waals surface area contributed by atoms with Gasteiger partial charge in [-0.1, -0.05) is 12.8 Å². The molecule has 0 amide bonds. The van der Waals surface area contributed by atoms with Crippen LogP contribution in [-0.4, -0.2) is 41.9 Å². The average molecular weight is 237 g/mol. The van der Waals surface area contributed by atoms with E-state index in [1.807, 2.05) is 4.90 Å². The number of alkyl halides is 3. The van der Waals surface area contributed by atoms with E-state index in [0.29, 0.717) is 12.6 Å². The molecule has 0 aromatic heterocycles. The van der Waals surface area contributed by atoms with Gasteiger partial charge in [-0.25, -0.2) is 0 Å². The van der Waals surface area contributed by atoms with Crippen LogP contribution >= 0.6 is 0 Å². The lowest BCUT2D eigenvalue weighted by molar-refractivity contribution is -0.183. The van der Waals surface area contributed by atoms with Crippen molar-refractivity contribution in [1.82, 2.24) is 4.90 Å². The molecule has 0 bridgehead atoms. The third-order valence-electron chi connectivity index (χ3n) is 3.97. The zero-order valence-corrected chi connectivity index (χ0v) is 9.21. The van der Waals surface area contributed by atoms with E-state index in [0.717, 1.165) is 25.7 Å². The summed E-state index contributed by atoms with van der Waals surface area (Å²) >= 11 is 0. The van der Waals surface area contributed by atoms with Crippen LogP contribution in [0.3, 0.4) is 0 Å². The minimum atomic E-state index is -4.17. The third-order valence-corrected chi connectivity index (χ3v) is 3.97. The van der Waals surface area contributed by atoms with Crippen molar-refractivity contribution in [2.45, 2.75) is 37.9 Å². The summed E-state index contributed by atoms with van der Waals surface area (Å²) in [6.45, 7) is 0.137. The van der Waals surface area contributed by atoms with E-state index in [1.165, 1.54) is 0 Å². The van der Waals surface area contributed by atoms with Crippen LogP contribution in [0.5, 0.6) is 0 Å². The number of aliphatic hydroxyl groups is 1. The molecule has 1 saturated carbocycles. The molecule has 2 aliphatic rings. The number of aliphatic hydroxyl groups excluding tert-OH is 1. The van der Waals surface area contributed by atoms with E-state index >= 15 is 0 Å². The number of halogens is 3. The second-order valence-corrected chi connectivity index (χ2v) is 4.98. The summed E-state index contributed by atoms with van der Waals surface area (Å²) in [7, 11) is 0. The molecular formula is C11H18F3NO. The second kappa shape index (κ2) is 4.53. The van der Waals surface area contributed by atoms with Gasteiger partial charge in [-0.3, -0.25) is 4.90 Å². The molecule has 1 N–H and O–H groups in total. The monoisotopic (exact) mass is 237 g/mol. The fraction of sp³-hybridized carbons (Fsp3) is 1.00. The van der Waals surface area contributed by atoms with Gasteiger partial charge in [-0.05, 0) is 12.8 Å². The van der Waals surface area contributed by atoms with Crippen LogP contribution in [0.1, 0.15) is 25.7 Å². The first-order valence-corrected chi connectivity index (χ1v) is 5.94. The molecule has 0 radical (unpaired) electrons. The van der Waals surface area contributed by atoms with Crippen LogP contribution in [0.2, 0.25) is 0 Å². The van der Waals surface area contributed by atoms with Crippen molar-refractivity contribution in [3.8, 4) is 0 Å². The predicted octanol–water partition coefficient (Wildman–Crippen LogP) is 2.03. The Morgan fingerprint density at radius 3 is 2.19 bits per heavy atom. The Hall–Kier alpha value is -0.290. The van der Waals surface area contributed by atoms with Crippen molar-refractivity contribution in [3.05, 3.63) is 0 Å². The maximum absolute atomic E-state index is 12.7. The molecule has 2 fully saturated rings. The van der Waals surface area contributed by atoms with Crippen LogP contribution in [0.4, 0.5) is 13.2 Å². The second-order valence-electron chi connectivity index (χ2n) is 4.98. The minimum Gasteiger partial charge on any atom is -0.396 e. The molecule has 1 heterocycles. The predicted molar refractivity (Wildman–Crippen MR) is 53.9 cm³/mol. The highest BCUT2D eigenvalue weighted by Gasteiger charge is 2.50. The van der Waals surface area contributed by atoms with Gasteiger partial charge in [-0.15, -0.1) is 0 Å². The van der Waals surface area contributed by atoms with E-state index in [2.05, 4.69) is 0 Å².